The van der Waals surface area contributed by atoms with E-state index in [0.717, 1.165) is 6.42 Å². The maximum Gasteiger partial charge on any atom is 0.0899 e. The fourth-order valence-corrected chi connectivity index (χ4v) is 0.474. The highest BCUT2D eigenvalue weighted by atomic mass is 15.1. The number of rotatable bonds is 4. The van der Waals surface area contributed by atoms with Gasteiger partial charge >= 0.3 is 0 Å². The third kappa shape index (κ3) is 7.21. The molecule has 0 aliphatic rings. The molecule has 0 aliphatic carbocycles. The summed E-state index contributed by atoms with van der Waals surface area (Å²) in [6.45, 7) is 2.15. The highest BCUT2D eigenvalue weighted by Gasteiger charge is 1.72. The first-order chi connectivity index (χ1) is 4.77. The van der Waals surface area contributed by atoms with Gasteiger partial charge in [0.25, 0.3) is 0 Å². The van der Waals surface area contributed by atoms with Crippen LogP contribution >= 0.6 is 0 Å². The Morgan fingerprint density at radius 2 is 2.10 bits per heavy atom. The van der Waals surface area contributed by atoms with Crippen LogP contribution in [0.1, 0.15) is 19.8 Å². The van der Waals surface area contributed by atoms with Gasteiger partial charge < -0.3 is 4.90 Å². The topological polar surface area (TPSA) is 15.6 Å². The highest BCUT2D eigenvalue weighted by Crippen LogP contribution is 1.87. The summed E-state index contributed by atoms with van der Waals surface area (Å²) in [7, 11) is 3.91. The Morgan fingerprint density at radius 3 is 2.60 bits per heavy atom. The molecule has 0 N–H and O–H groups in total. The molecule has 0 aromatic carbocycles. The molecule has 2 heteroatoms. The largest absolute Gasteiger partial charge is 0.369 e. The molecule has 0 bridgehead atoms. The summed E-state index contributed by atoms with van der Waals surface area (Å²) in [5.74, 6) is 0. The van der Waals surface area contributed by atoms with Crippen LogP contribution in [0, 0.1) is 0 Å². The lowest BCUT2D eigenvalue weighted by Crippen LogP contribution is -2.06. The van der Waals surface area contributed by atoms with Crippen LogP contribution < -0.4 is 0 Å². The molecule has 0 heterocycles. The molecule has 0 radical (unpaired) electrons. The second-order valence-corrected chi connectivity index (χ2v) is 2.40. The van der Waals surface area contributed by atoms with Crippen molar-refractivity contribution in [3.63, 3.8) is 0 Å². The van der Waals surface area contributed by atoms with Gasteiger partial charge in [0, 0.05) is 20.3 Å². The zero-order valence-corrected chi connectivity index (χ0v) is 7.04. The molecule has 0 saturated carbocycles. The predicted molar refractivity (Wildman–Crippen MR) is 46.2 cm³/mol. The lowest BCUT2D eigenvalue weighted by molar-refractivity contribution is 0.643. The average Bonchev–Trinajstić information content (AvgIpc) is 1.87. The van der Waals surface area contributed by atoms with Gasteiger partial charge in [-0.2, -0.15) is 0 Å². The Morgan fingerprint density at radius 1 is 1.40 bits per heavy atom. The van der Waals surface area contributed by atoms with Gasteiger partial charge in [0.2, 0.25) is 0 Å². The molecule has 0 rings (SSSR count). The average molecular weight is 140 g/mol. The van der Waals surface area contributed by atoms with Gasteiger partial charge in [-0.3, -0.25) is 0 Å². The van der Waals surface area contributed by atoms with Crippen LogP contribution in [-0.2, 0) is 0 Å². The van der Waals surface area contributed by atoms with Gasteiger partial charge in [-0.1, -0.05) is 19.4 Å². The minimum Gasteiger partial charge on any atom is -0.369 e. The number of unbranched alkanes of at least 4 members (excludes halogenated alkanes) is 1. The van der Waals surface area contributed by atoms with E-state index >= 15 is 0 Å². The summed E-state index contributed by atoms with van der Waals surface area (Å²) < 4.78 is 0. The minimum atomic E-state index is 1.12. The van der Waals surface area contributed by atoms with Crippen molar-refractivity contribution in [2.75, 3.05) is 14.1 Å². The third-order valence-corrected chi connectivity index (χ3v) is 0.944. The van der Waals surface area contributed by atoms with E-state index < -0.39 is 0 Å². The van der Waals surface area contributed by atoms with Gasteiger partial charge in [0.1, 0.15) is 0 Å². The van der Waals surface area contributed by atoms with Crippen LogP contribution in [0.5, 0.6) is 0 Å². The summed E-state index contributed by atoms with van der Waals surface area (Å²) in [5, 5.41) is 0. The van der Waals surface area contributed by atoms with E-state index in [9.17, 15) is 0 Å². The molecule has 0 spiro atoms. The molecule has 0 fully saturated rings. The van der Waals surface area contributed by atoms with Gasteiger partial charge in [0.15, 0.2) is 0 Å². The second kappa shape index (κ2) is 6.33. The van der Waals surface area contributed by atoms with Crippen LogP contribution in [-0.4, -0.2) is 25.3 Å². The van der Waals surface area contributed by atoms with Crippen molar-refractivity contribution in [3.8, 4) is 0 Å². The zero-order valence-electron chi connectivity index (χ0n) is 7.04. The maximum absolute atomic E-state index is 4.03. The fourth-order valence-electron chi connectivity index (χ4n) is 0.474. The SMILES string of the molecule is CCC/C=C/N=C\N(C)C. The molecule has 0 aliphatic heterocycles. The Bertz CT molecular complexity index is 114. The highest BCUT2D eigenvalue weighted by molar-refractivity contribution is 5.54. The van der Waals surface area contributed by atoms with Crippen LogP contribution in [0.3, 0.4) is 0 Å². The molecular weight excluding hydrogens is 124 g/mol. The zero-order chi connectivity index (χ0) is 7.82. The van der Waals surface area contributed by atoms with Crippen molar-refractivity contribution in [3.05, 3.63) is 12.3 Å². The summed E-state index contributed by atoms with van der Waals surface area (Å²) in [6, 6.07) is 0. The number of aliphatic imine (C=N–C) groups is 1. The van der Waals surface area contributed by atoms with E-state index in [1.54, 1.807) is 6.34 Å². The van der Waals surface area contributed by atoms with Crippen LogP contribution in [0.2, 0.25) is 0 Å². The third-order valence-electron chi connectivity index (χ3n) is 0.944. The van der Waals surface area contributed by atoms with E-state index in [1.807, 2.05) is 25.2 Å². The summed E-state index contributed by atoms with van der Waals surface area (Å²) >= 11 is 0. The smallest absolute Gasteiger partial charge is 0.0899 e. The van der Waals surface area contributed by atoms with Gasteiger partial charge in [-0.25, -0.2) is 4.99 Å². The van der Waals surface area contributed by atoms with Gasteiger partial charge in [-0.15, -0.1) is 0 Å². The van der Waals surface area contributed by atoms with E-state index in [4.69, 9.17) is 0 Å². The monoisotopic (exact) mass is 140 g/mol. The molecule has 0 saturated heterocycles. The van der Waals surface area contributed by atoms with Gasteiger partial charge in [0.05, 0.1) is 6.34 Å². The summed E-state index contributed by atoms with van der Waals surface area (Å²) in [6.07, 6.45) is 7.99. The first-order valence-corrected chi connectivity index (χ1v) is 3.62. The Labute approximate surface area is 63.3 Å². The fraction of sp³-hybridized carbons (Fsp3) is 0.625. The molecule has 10 heavy (non-hydrogen) atoms. The van der Waals surface area contributed by atoms with Crippen molar-refractivity contribution in [1.82, 2.24) is 4.90 Å². The lowest BCUT2D eigenvalue weighted by atomic mass is 10.3. The Hall–Kier alpha value is -0.790. The van der Waals surface area contributed by atoms with E-state index in [0.29, 0.717) is 0 Å². The van der Waals surface area contributed by atoms with Crippen LogP contribution in [0.4, 0.5) is 0 Å². The second-order valence-electron chi connectivity index (χ2n) is 2.40. The standard InChI is InChI=1S/C8H16N2/c1-4-5-6-7-9-8-10(2)3/h6-8H,4-5H2,1-3H3/b7-6+,9-8-. The van der Waals surface area contributed by atoms with Crippen molar-refractivity contribution in [1.29, 1.82) is 0 Å². The quantitative estimate of drug-likeness (QED) is 0.430. The van der Waals surface area contributed by atoms with Crippen molar-refractivity contribution in [2.45, 2.75) is 19.8 Å². The molecule has 0 amide bonds. The molecule has 2 nitrogen and oxygen atoms in total. The molecule has 0 unspecified atom stereocenters. The Kier molecular flexibility index (Phi) is 5.83. The van der Waals surface area contributed by atoms with E-state index in [2.05, 4.69) is 18.0 Å². The molecular formula is C8H16N2. The molecule has 0 atom stereocenters. The maximum atomic E-state index is 4.03. The first kappa shape index (κ1) is 9.21. The minimum absolute atomic E-state index is 1.12. The lowest BCUT2D eigenvalue weighted by Gasteiger charge is -1.99. The summed E-state index contributed by atoms with van der Waals surface area (Å²) in [4.78, 5) is 5.94. The van der Waals surface area contributed by atoms with Crippen LogP contribution in [0.15, 0.2) is 17.3 Å². The predicted octanol–water partition coefficient (Wildman–Crippen LogP) is 1.89. The van der Waals surface area contributed by atoms with E-state index in [-0.39, 0.29) is 0 Å². The number of hydrogen-bond donors (Lipinski definition) is 0. The molecule has 0 aromatic rings. The number of hydrogen-bond acceptors (Lipinski definition) is 1. The summed E-state index contributed by atoms with van der Waals surface area (Å²) in [5.41, 5.74) is 0. The van der Waals surface area contributed by atoms with Crippen molar-refractivity contribution >= 4 is 6.34 Å². The Balaban J connectivity index is 3.32. The molecule has 0 aromatic heterocycles. The van der Waals surface area contributed by atoms with Crippen molar-refractivity contribution in [2.24, 2.45) is 4.99 Å². The normalized spacial score (nSPS) is 11.5. The number of allylic oxidation sites excluding steroid dienone is 1. The van der Waals surface area contributed by atoms with E-state index in [1.165, 1.54) is 6.42 Å². The van der Waals surface area contributed by atoms with Crippen LogP contribution in [0.25, 0.3) is 0 Å². The molecule has 58 valence electrons. The van der Waals surface area contributed by atoms with Crippen molar-refractivity contribution < 1.29 is 0 Å². The van der Waals surface area contributed by atoms with Gasteiger partial charge in [-0.05, 0) is 6.42 Å². The number of nitrogens with zero attached hydrogens (tertiary/aromatic N) is 2. The first-order valence-electron chi connectivity index (χ1n) is 3.62.